The standard InChI is InChI=1S/C20H22ClFN4O2/c1-26(2)19(28)14-13(23)4-3-11(17(14)22)12-8-24-18-15(16(12)21)20(9-25-18)6-5-10(27)7-20/h3-4,8,10,27H,5-7,9,23H2,1-2H3,(H,24,25)/t10-,20+/m0/s1. The number of nitrogens with one attached hydrogen (secondary N) is 1. The summed E-state index contributed by atoms with van der Waals surface area (Å²) < 4.78 is 15.3. The Kier molecular flexibility index (Phi) is 4.47. The summed E-state index contributed by atoms with van der Waals surface area (Å²) in [7, 11) is 3.08. The Labute approximate surface area is 167 Å². The van der Waals surface area contributed by atoms with E-state index < -0.39 is 11.7 Å². The SMILES string of the molecule is CN(C)C(=O)c1c(N)ccc(-c2cnc3c(c2Cl)[C@@]2(CC[C@H](O)C2)CN3)c1F. The highest BCUT2D eigenvalue weighted by atomic mass is 35.5. The van der Waals surface area contributed by atoms with Gasteiger partial charge in [0, 0.05) is 54.6 Å². The number of nitrogens with two attached hydrogens (primary N) is 1. The largest absolute Gasteiger partial charge is 0.398 e. The van der Waals surface area contributed by atoms with Gasteiger partial charge < -0.3 is 21.1 Å². The van der Waals surface area contributed by atoms with E-state index in [9.17, 15) is 9.90 Å². The molecule has 4 N–H and O–H groups in total. The van der Waals surface area contributed by atoms with Gasteiger partial charge in [-0.3, -0.25) is 4.79 Å². The molecule has 2 heterocycles. The van der Waals surface area contributed by atoms with Gasteiger partial charge in [0.15, 0.2) is 0 Å². The third kappa shape index (κ3) is 2.72. The number of anilines is 2. The summed E-state index contributed by atoms with van der Waals surface area (Å²) >= 11 is 6.76. The summed E-state index contributed by atoms with van der Waals surface area (Å²) in [5.41, 5.74) is 6.87. The van der Waals surface area contributed by atoms with Crippen molar-refractivity contribution in [2.45, 2.75) is 30.8 Å². The number of pyridine rings is 1. The van der Waals surface area contributed by atoms with Crippen LogP contribution in [0.1, 0.15) is 35.2 Å². The number of hydrogen-bond donors (Lipinski definition) is 3. The van der Waals surface area contributed by atoms with Crippen LogP contribution in [0.3, 0.4) is 0 Å². The Bertz CT molecular complexity index is 977. The predicted molar refractivity (Wildman–Crippen MR) is 107 cm³/mol. The van der Waals surface area contributed by atoms with Crippen molar-refractivity contribution in [3.8, 4) is 11.1 Å². The zero-order chi connectivity index (χ0) is 20.2. The highest BCUT2D eigenvalue weighted by molar-refractivity contribution is 6.34. The molecule has 1 aliphatic carbocycles. The minimum atomic E-state index is -0.714. The lowest BCUT2D eigenvalue weighted by atomic mass is 9.80. The average Bonchev–Trinajstić information content (AvgIpc) is 3.20. The van der Waals surface area contributed by atoms with Crippen molar-refractivity contribution in [3.05, 3.63) is 40.3 Å². The van der Waals surface area contributed by atoms with Crippen molar-refractivity contribution in [2.24, 2.45) is 0 Å². The van der Waals surface area contributed by atoms with E-state index in [0.29, 0.717) is 35.8 Å². The smallest absolute Gasteiger partial charge is 0.258 e. The summed E-state index contributed by atoms with van der Waals surface area (Å²) in [6, 6.07) is 3.02. The lowest BCUT2D eigenvalue weighted by Crippen LogP contribution is -2.26. The molecule has 0 unspecified atom stereocenters. The first-order valence-electron chi connectivity index (χ1n) is 9.16. The van der Waals surface area contributed by atoms with Crippen LogP contribution >= 0.6 is 11.6 Å². The molecule has 28 heavy (non-hydrogen) atoms. The average molecular weight is 405 g/mol. The highest BCUT2D eigenvalue weighted by Gasteiger charge is 2.47. The van der Waals surface area contributed by atoms with E-state index in [4.69, 9.17) is 17.3 Å². The molecule has 1 fully saturated rings. The van der Waals surface area contributed by atoms with Gasteiger partial charge in [-0.15, -0.1) is 0 Å². The molecule has 4 rings (SSSR count). The van der Waals surface area contributed by atoms with Crippen LogP contribution in [0.25, 0.3) is 11.1 Å². The quantitative estimate of drug-likeness (QED) is 0.669. The van der Waals surface area contributed by atoms with Gasteiger partial charge in [0.2, 0.25) is 0 Å². The molecule has 2 aliphatic rings. The number of benzene rings is 1. The van der Waals surface area contributed by atoms with Gasteiger partial charge in [0.1, 0.15) is 11.6 Å². The molecule has 2 atom stereocenters. The maximum atomic E-state index is 15.3. The molecule has 0 bridgehead atoms. The molecular formula is C20H22ClFN4O2. The number of nitrogen functional groups attached to an aromatic ring is 1. The van der Waals surface area contributed by atoms with Gasteiger partial charge in [-0.1, -0.05) is 11.6 Å². The van der Waals surface area contributed by atoms with Crippen molar-refractivity contribution in [1.29, 1.82) is 0 Å². The molecular weight excluding hydrogens is 383 g/mol. The number of amides is 1. The fourth-order valence-electron chi connectivity index (χ4n) is 4.36. The number of nitrogens with zero attached hydrogens (tertiary/aromatic N) is 2. The molecule has 148 valence electrons. The molecule has 1 aromatic carbocycles. The molecule has 2 aromatic rings. The van der Waals surface area contributed by atoms with Gasteiger partial charge in [-0.05, 0) is 31.4 Å². The van der Waals surface area contributed by atoms with Gasteiger partial charge in [-0.2, -0.15) is 0 Å². The first-order valence-corrected chi connectivity index (χ1v) is 9.54. The van der Waals surface area contributed by atoms with Crippen LogP contribution in [0.2, 0.25) is 5.02 Å². The summed E-state index contributed by atoms with van der Waals surface area (Å²) in [5.74, 6) is -0.559. The second-order valence-electron chi connectivity index (χ2n) is 7.83. The highest BCUT2D eigenvalue weighted by Crippen LogP contribution is 2.52. The van der Waals surface area contributed by atoms with E-state index in [0.717, 1.165) is 12.0 Å². The van der Waals surface area contributed by atoms with Crippen LogP contribution in [0.5, 0.6) is 0 Å². The summed E-state index contributed by atoms with van der Waals surface area (Å²) in [4.78, 5) is 18.1. The second-order valence-corrected chi connectivity index (χ2v) is 8.21. The zero-order valence-corrected chi connectivity index (χ0v) is 16.5. The first kappa shape index (κ1) is 19.0. The Morgan fingerprint density at radius 1 is 1.43 bits per heavy atom. The normalized spacial score (nSPS) is 23.0. The van der Waals surface area contributed by atoms with E-state index in [1.54, 1.807) is 14.1 Å². The van der Waals surface area contributed by atoms with Crippen LogP contribution in [-0.4, -0.2) is 47.6 Å². The number of aliphatic hydroxyl groups excluding tert-OH is 1. The number of halogens is 2. The fourth-order valence-corrected chi connectivity index (χ4v) is 4.80. The Hall–Kier alpha value is -2.38. The maximum absolute atomic E-state index is 15.3. The van der Waals surface area contributed by atoms with Gasteiger partial charge in [-0.25, -0.2) is 9.37 Å². The number of carbonyl (C=O) groups is 1. The second kappa shape index (κ2) is 6.60. The molecule has 1 saturated carbocycles. The summed E-state index contributed by atoms with van der Waals surface area (Å²) in [6.45, 7) is 0.643. The topological polar surface area (TPSA) is 91.5 Å². The Morgan fingerprint density at radius 2 is 2.18 bits per heavy atom. The van der Waals surface area contributed by atoms with Crippen molar-refractivity contribution in [1.82, 2.24) is 9.88 Å². The lowest BCUT2D eigenvalue weighted by molar-refractivity contribution is 0.0824. The zero-order valence-electron chi connectivity index (χ0n) is 15.7. The molecule has 1 aromatic heterocycles. The van der Waals surface area contributed by atoms with Crippen molar-refractivity contribution >= 4 is 29.0 Å². The van der Waals surface area contributed by atoms with Crippen LogP contribution in [0, 0.1) is 5.82 Å². The monoisotopic (exact) mass is 404 g/mol. The number of aromatic nitrogens is 1. The van der Waals surface area contributed by atoms with E-state index >= 15 is 4.39 Å². The van der Waals surface area contributed by atoms with Crippen molar-refractivity contribution < 1.29 is 14.3 Å². The molecule has 6 nitrogen and oxygen atoms in total. The third-order valence-corrected chi connectivity index (χ3v) is 6.20. The van der Waals surface area contributed by atoms with Crippen LogP contribution in [0.15, 0.2) is 18.3 Å². The molecule has 1 aliphatic heterocycles. The lowest BCUT2D eigenvalue weighted by Gasteiger charge is -2.24. The van der Waals surface area contributed by atoms with Crippen LogP contribution < -0.4 is 11.1 Å². The van der Waals surface area contributed by atoms with Crippen molar-refractivity contribution in [3.63, 3.8) is 0 Å². The number of rotatable bonds is 2. The maximum Gasteiger partial charge on any atom is 0.258 e. The number of carbonyl (C=O) groups excluding carboxylic acids is 1. The fraction of sp³-hybridized carbons (Fsp3) is 0.400. The van der Waals surface area contributed by atoms with Crippen LogP contribution in [0.4, 0.5) is 15.9 Å². The summed E-state index contributed by atoms with van der Waals surface area (Å²) in [5, 5.41) is 13.7. The van der Waals surface area contributed by atoms with E-state index in [1.807, 2.05) is 0 Å². The molecule has 0 saturated heterocycles. The minimum Gasteiger partial charge on any atom is -0.398 e. The molecule has 0 radical (unpaired) electrons. The van der Waals surface area contributed by atoms with Crippen molar-refractivity contribution in [2.75, 3.05) is 31.7 Å². The van der Waals surface area contributed by atoms with Gasteiger partial charge in [0.25, 0.3) is 5.91 Å². The number of aliphatic hydroxyl groups is 1. The Morgan fingerprint density at radius 3 is 2.82 bits per heavy atom. The molecule has 1 spiro atoms. The van der Waals surface area contributed by atoms with E-state index in [-0.39, 0.29) is 28.3 Å². The molecule has 1 amide bonds. The third-order valence-electron chi connectivity index (χ3n) is 5.81. The Balaban J connectivity index is 1.88. The predicted octanol–water partition coefficient (Wildman–Crippen LogP) is 3.03. The first-order chi connectivity index (χ1) is 13.2. The van der Waals surface area contributed by atoms with E-state index in [2.05, 4.69) is 10.3 Å². The van der Waals surface area contributed by atoms with Gasteiger partial charge >= 0.3 is 0 Å². The van der Waals surface area contributed by atoms with Crippen LogP contribution in [-0.2, 0) is 5.41 Å². The molecule has 8 heteroatoms. The summed E-state index contributed by atoms with van der Waals surface area (Å²) in [6.07, 6.45) is 3.20. The number of fused-ring (bicyclic) bond motifs is 2. The van der Waals surface area contributed by atoms with Gasteiger partial charge in [0.05, 0.1) is 16.7 Å². The minimum absolute atomic E-state index is 0.0715. The number of hydrogen-bond acceptors (Lipinski definition) is 5. The van der Waals surface area contributed by atoms with E-state index in [1.165, 1.54) is 23.2 Å².